The fourth-order valence-electron chi connectivity index (χ4n) is 3.83. The molecule has 2 aliphatic carbocycles. The molecule has 6 heteroatoms. The largest absolute Gasteiger partial charge is 0.456 e. The summed E-state index contributed by atoms with van der Waals surface area (Å²) >= 11 is 0. The Balaban J connectivity index is 1.41. The van der Waals surface area contributed by atoms with Gasteiger partial charge in [-0.05, 0) is 37.0 Å². The molecule has 0 aromatic heterocycles. The van der Waals surface area contributed by atoms with Gasteiger partial charge < -0.3 is 10.1 Å². The molecule has 0 spiro atoms. The molecular formula is C14H20N2O4. The van der Waals surface area contributed by atoms with Crippen molar-refractivity contribution in [3.8, 4) is 0 Å². The highest BCUT2D eigenvalue weighted by Gasteiger charge is 2.40. The van der Waals surface area contributed by atoms with Crippen molar-refractivity contribution >= 4 is 17.9 Å². The molecular weight excluding hydrogens is 260 g/mol. The minimum absolute atomic E-state index is 0.310. The predicted molar refractivity (Wildman–Crippen MR) is 69.6 cm³/mol. The number of carbonyl (C=O) groups excluding carboxylic acids is 3. The first-order valence-corrected chi connectivity index (χ1v) is 7.37. The minimum atomic E-state index is -0.443. The number of urea groups is 1. The van der Waals surface area contributed by atoms with Crippen LogP contribution in [0.2, 0.25) is 0 Å². The first-order chi connectivity index (χ1) is 9.63. The Hall–Kier alpha value is -1.59. The number of hydrogen-bond acceptors (Lipinski definition) is 4. The van der Waals surface area contributed by atoms with Gasteiger partial charge in [0.2, 0.25) is 0 Å². The zero-order chi connectivity index (χ0) is 14.1. The molecule has 2 saturated carbocycles. The SMILES string of the molecule is O=C(C[C@H]1C[C@H]2CC[C@H]1C2)OCC(=O)N1CCNC1=O. The monoisotopic (exact) mass is 280 g/mol. The van der Waals surface area contributed by atoms with Crippen LogP contribution in [0, 0.1) is 17.8 Å². The average Bonchev–Trinajstić information content (AvgIpc) is 3.12. The molecule has 1 N–H and O–H groups in total. The van der Waals surface area contributed by atoms with E-state index in [4.69, 9.17) is 4.74 Å². The standard InChI is InChI=1S/C14H20N2O4/c17-12(16-4-3-15-14(16)19)8-20-13(18)7-11-6-9-1-2-10(11)5-9/h9-11H,1-8H2,(H,15,19)/t9-,10-,11+/m0/s1. The van der Waals surface area contributed by atoms with Crippen LogP contribution in [0.15, 0.2) is 0 Å². The van der Waals surface area contributed by atoms with E-state index in [9.17, 15) is 14.4 Å². The van der Waals surface area contributed by atoms with E-state index >= 15 is 0 Å². The summed E-state index contributed by atoms with van der Waals surface area (Å²) in [4.78, 5) is 35.9. The molecule has 3 rings (SSSR count). The van der Waals surface area contributed by atoms with Crippen molar-refractivity contribution < 1.29 is 19.1 Å². The fraction of sp³-hybridized carbons (Fsp3) is 0.786. The quantitative estimate of drug-likeness (QED) is 0.777. The van der Waals surface area contributed by atoms with Crippen molar-refractivity contribution in [2.24, 2.45) is 17.8 Å². The Bertz CT molecular complexity index is 437. The molecule has 0 aromatic carbocycles. The third-order valence-corrected chi connectivity index (χ3v) is 4.83. The summed E-state index contributed by atoms with van der Waals surface area (Å²) in [5.41, 5.74) is 0. The van der Waals surface area contributed by atoms with Gasteiger partial charge in [0.05, 0.1) is 0 Å². The second-order valence-corrected chi connectivity index (χ2v) is 6.08. The molecule has 6 nitrogen and oxygen atoms in total. The van der Waals surface area contributed by atoms with E-state index in [1.807, 2.05) is 0 Å². The highest BCUT2D eigenvalue weighted by atomic mass is 16.5. The lowest BCUT2D eigenvalue weighted by Crippen LogP contribution is -2.37. The Morgan fingerprint density at radius 3 is 2.75 bits per heavy atom. The molecule has 2 bridgehead atoms. The molecule has 0 radical (unpaired) electrons. The fourth-order valence-corrected chi connectivity index (χ4v) is 3.83. The summed E-state index contributed by atoms with van der Waals surface area (Å²) in [6, 6.07) is -0.404. The maximum atomic E-state index is 11.8. The van der Waals surface area contributed by atoms with Gasteiger partial charge in [-0.15, -0.1) is 0 Å². The number of amides is 3. The van der Waals surface area contributed by atoms with Crippen LogP contribution in [-0.4, -0.2) is 42.5 Å². The van der Waals surface area contributed by atoms with Gasteiger partial charge in [-0.2, -0.15) is 0 Å². The second-order valence-electron chi connectivity index (χ2n) is 6.08. The summed E-state index contributed by atoms with van der Waals surface area (Å²) < 4.78 is 5.02. The molecule has 0 unspecified atom stereocenters. The van der Waals surface area contributed by atoms with Crippen molar-refractivity contribution in [2.45, 2.75) is 32.1 Å². The zero-order valence-electron chi connectivity index (χ0n) is 11.5. The molecule has 1 aliphatic heterocycles. The number of carbonyl (C=O) groups is 3. The number of nitrogens with zero attached hydrogens (tertiary/aromatic N) is 1. The topological polar surface area (TPSA) is 75.7 Å². The van der Waals surface area contributed by atoms with Crippen LogP contribution >= 0.6 is 0 Å². The molecule has 3 atom stereocenters. The first kappa shape index (κ1) is 13.4. The Kier molecular flexibility index (Phi) is 3.63. The van der Waals surface area contributed by atoms with E-state index in [1.165, 1.54) is 19.3 Å². The van der Waals surface area contributed by atoms with Gasteiger partial charge in [-0.1, -0.05) is 6.42 Å². The van der Waals surface area contributed by atoms with Crippen LogP contribution in [0.3, 0.4) is 0 Å². The van der Waals surface area contributed by atoms with Crippen LogP contribution in [0.1, 0.15) is 32.1 Å². The van der Waals surface area contributed by atoms with E-state index in [0.717, 1.165) is 17.2 Å². The normalized spacial score (nSPS) is 31.5. The van der Waals surface area contributed by atoms with Crippen molar-refractivity contribution in [1.29, 1.82) is 0 Å². The second kappa shape index (κ2) is 5.42. The number of rotatable bonds is 4. The molecule has 3 amide bonds. The molecule has 1 heterocycles. The first-order valence-electron chi connectivity index (χ1n) is 7.37. The van der Waals surface area contributed by atoms with E-state index < -0.39 is 11.9 Å². The van der Waals surface area contributed by atoms with Crippen molar-refractivity contribution in [3.05, 3.63) is 0 Å². The van der Waals surface area contributed by atoms with Crippen LogP contribution < -0.4 is 5.32 Å². The lowest BCUT2D eigenvalue weighted by atomic mass is 9.86. The van der Waals surface area contributed by atoms with Gasteiger partial charge in [-0.25, -0.2) is 4.79 Å². The smallest absolute Gasteiger partial charge is 0.324 e. The van der Waals surface area contributed by atoms with E-state index in [0.29, 0.717) is 31.3 Å². The maximum Gasteiger partial charge on any atom is 0.324 e. The Morgan fingerprint density at radius 1 is 1.30 bits per heavy atom. The van der Waals surface area contributed by atoms with Crippen molar-refractivity contribution in [2.75, 3.05) is 19.7 Å². The van der Waals surface area contributed by atoms with Crippen LogP contribution in [0.5, 0.6) is 0 Å². The Morgan fingerprint density at radius 2 is 2.15 bits per heavy atom. The number of nitrogens with one attached hydrogen (secondary N) is 1. The molecule has 0 aromatic rings. The number of ether oxygens (including phenoxy) is 1. The van der Waals surface area contributed by atoms with E-state index in [2.05, 4.69) is 5.32 Å². The molecule has 1 saturated heterocycles. The molecule has 20 heavy (non-hydrogen) atoms. The number of hydrogen-bond donors (Lipinski definition) is 1. The van der Waals surface area contributed by atoms with Gasteiger partial charge in [0, 0.05) is 19.5 Å². The number of fused-ring (bicyclic) bond motifs is 2. The van der Waals surface area contributed by atoms with Crippen molar-refractivity contribution in [1.82, 2.24) is 10.2 Å². The van der Waals surface area contributed by atoms with Gasteiger partial charge in [-0.3, -0.25) is 14.5 Å². The summed E-state index contributed by atoms with van der Waals surface area (Å²) in [5, 5.41) is 2.54. The van der Waals surface area contributed by atoms with Crippen molar-refractivity contribution in [3.63, 3.8) is 0 Å². The highest BCUT2D eigenvalue weighted by Crippen LogP contribution is 2.49. The highest BCUT2D eigenvalue weighted by molar-refractivity contribution is 5.96. The summed E-state index contributed by atoms with van der Waals surface area (Å²) in [5.74, 6) is 1.16. The zero-order valence-corrected chi connectivity index (χ0v) is 11.5. The van der Waals surface area contributed by atoms with Gasteiger partial charge in [0.25, 0.3) is 5.91 Å². The molecule has 110 valence electrons. The van der Waals surface area contributed by atoms with Crippen LogP contribution in [-0.2, 0) is 14.3 Å². The third kappa shape index (κ3) is 2.64. The number of esters is 1. The summed E-state index contributed by atoms with van der Waals surface area (Å²) in [7, 11) is 0. The van der Waals surface area contributed by atoms with Gasteiger partial charge in [0.15, 0.2) is 6.61 Å². The predicted octanol–water partition coefficient (Wildman–Crippen LogP) is 0.908. The average molecular weight is 280 g/mol. The van der Waals surface area contributed by atoms with Gasteiger partial charge >= 0.3 is 12.0 Å². The van der Waals surface area contributed by atoms with Crippen LogP contribution in [0.25, 0.3) is 0 Å². The third-order valence-electron chi connectivity index (χ3n) is 4.83. The lowest BCUT2D eigenvalue weighted by Gasteiger charge is -2.20. The summed E-state index contributed by atoms with van der Waals surface area (Å²) in [6.45, 7) is 0.484. The van der Waals surface area contributed by atoms with Crippen LogP contribution in [0.4, 0.5) is 4.79 Å². The molecule has 3 aliphatic rings. The van der Waals surface area contributed by atoms with E-state index in [-0.39, 0.29) is 12.6 Å². The lowest BCUT2D eigenvalue weighted by molar-refractivity contribution is -0.151. The van der Waals surface area contributed by atoms with Gasteiger partial charge in [0.1, 0.15) is 0 Å². The number of imide groups is 1. The van der Waals surface area contributed by atoms with E-state index in [1.54, 1.807) is 0 Å². The maximum absolute atomic E-state index is 11.8. The minimum Gasteiger partial charge on any atom is -0.456 e. The molecule has 3 fully saturated rings. The Labute approximate surface area is 117 Å². The summed E-state index contributed by atoms with van der Waals surface area (Å²) in [6.07, 6.45) is 5.34.